The topological polar surface area (TPSA) is 112 Å². The molecule has 40 heavy (non-hydrogen) atoms. The van der Waals surface area contributed by atoms with E-state index in [0.29, 0.717) is 28.8 Å². The van der Waals surface area contributed by atoms with Gasteiger partial charge < -0.3 is 21.5 Å². The second-order valence-electron chi connectivity index (χ2n) is 9.26. The Morgan fingerprint density at radius 3 is 2.33 bits per heavy atom. The van der Waals surface area contributed by atoms with Crippen LogP contribution in [0, 0.1) is 0 Å². The van der Waals surface area contributed by atoms with Gasteiger partial charge >= 0.3 is 0 Å². The van der Waals surface area contributed by atoms with Crippen LogP contribution in [0.3, 0.4) is 0 Å². The second-order valence-corrected chi connectivity index (χ2v) is 9.70. The van der Waals surface area contributed by atoms with Crippen LogP contribution in [0.15, 0.2) is 109 Å². The SMILES string of the molecule is Nc1nc(Nc2ccc3nc(-c4ccc(Cl)cc4)cc(N)c3c2)cc(-c2cccc(OCc3ccccc3)c2)n1. The van der Waals surface area contributed by atoms with Crippen LogP contribution in [0.4, 0.5) is 23.1 Å². The van der Waals surface area contributed by atoms with Gasteiger partial charge in [0.1, 0.15) is 18.2 Å². The standard InChI is InChI=1S/C32H25ClN6O/c33-23-11-9-21(10-12-23)29-17-27(34)26-16-24(13-14-28(26)37-29)36-31-18-30(38-32(35)39-31)22-7-4-8-25(15-22)40-19-20-5-2-1-3-6-20/h1-18H,19H2,(H2,34,37)(H3,35,36,38,39). The summed E-state index contributed by atoms with van der Waals surface area (Å²) >= 11 is 6.03. The van der Waals surface area contributed by atoms with Crippen molar-refractivity contribution in [3.8, 4) is 28.3 Å². The molecule has 4 aromatic carbocycles. The van der Waals surface area contributed by atoms with Crippen molar-refractivity contribution in [1.82, 2.24) is 15.0 Å². The molecule has 5 N–H and O–H groups in total. The summed E-state index contributed by atoms with van der Waals surface area (Å²) in [6, 6.07) is 34.8. The number of halogens is 1. The van der Waals surface area contributed by atoms with E-state index in [2.05, 4.69) is 15.3 Å². The summed E-state index contributed by atoms with van der Waals surface area (Å²) in [7, 11) is 0. The lowest BCUT2D eigenvalue weighted by Gasteiger charge is -2.12. The van der Waals surface area contributed by atoms with Gasteiger partial charge in [-0.05, 0) is 54.1 Å². The molecule has 7 nitrogen and oxygen atoms in total. The largest absolute Gasteiger partial charge is 0.489 e. The van der Waals surface area contributed by atoms with E-state index in [-0.39, 0.29) is 5.95 Å². The first-order chi connectivity index (χ1) is 19.5. The predicted octanol–water partition coefficient (Wildman–Crippen LogP) is 7.50. The van der Waals surface area contributed by atoms with Crippen LogP contribution in [0.2, 0.25) is 5.02 Å². The summed E-state index contributed by atoms with van der Waals surface area (Å²) < 4.78 is 5.99. The van der Waals surface area contributed by atoms with Crippen LogP contribution in [0.1, 0.15) is 5.56 Å². The molecular formula is C32H25ClN6O. The Morgan fingerprint density at radius 2 is 1.50 bits per heavy atom. The first kappa shape index (κ1) is 25.2. The number of aromatic nitrogens is 3. The number of nitrogens with two attached hydrogens (primary N) is 2. The molecule has 0 radical (unpaired) electrons. The smallest absolute Gasteiger partial charge is 0.222 e. The summed E-state index contributed by atoms with van der Waals surface area (Å²) in [6.45, 7) is 0.476. The van der Waals surface area contributed by atoms with Crippen molar-refractivity contribution in [3.05, 3.63) is 120 Å². The molecule has 0 aliphatic carbocycles. The molecule has 0 bridgehead atoms. The van der Waals surface area contributed by atoms with E-state index < -0.39 is 0 Å². The van der Waals surface area contributed by atoms with Crippen LogP contribution >= 0.6 is 11.6 Å². The van der Waals surface area contributed by atoms with Crippen molar-refractivity contribution in [3.63, 3.8) is 0 Å². The van der Waals surface area contributed by atoms with Gasteiger partial charge in [0.2, 0.25) is 5.95 Å². The van der Waals surface area contributed by atoms with Crippen LogP contribution < -0.4 is 21.5 Å². The van der Waals surface area contributed by atoms with Gasteiger partial charge in [0, 0.05) is 39.0 Å². The fourth-order valence-corrected chi connectivity index (χ4v) is 4.54. The molecule has 6 rings (SSSR count). The number of hydrogen-bond donors (Lipinski definition) is 3. The molecule has 2 aromatic heterocycles. The third kappa shape index (κ3) is 5.65. The molecule has 0 amide bonds. The number of anilines is 4. The van der Waals surface area contributed by atoms with Gasteiger partial charge in [-0.1, -0.05) is 66.2 Å². The predicted molar refractivity (Wildman–Crippen MR) is 163 cm³/mol. The van der Waals surface area contributed by atoms with E-state index in [1.165, 1.54) is 0 Å². The van der Waals surface area contributed by atoms with Gasteiger partial charge in [0.25, 0.3) is 0 Å². The second kappa shape index (κ2) is 10.9. The van der Waals surface area contributed by atoms with E-state index in [0.717, 1.165) is 44.7 Å². The zero-order valence-corrected chi connectivity index (χ0v) is 22.1. The van der Waals surface area contributed by atoms with E-state index in [4.69, 9.17) is 32.8 Å². The normalized spacial score (nSPS) is 10.9. The maximum atomic E-state index is 6.44. The molecule has 0 spiro atoms. The zero-order chi connectivity index (χ0) is 27.5. The van der Waals surface area contributed by atoms with Crippen molar-refractivity contribution in [2.24, 2.45) is 0 Å². The number of nitrogen functional groups attached to an aromatic ring is 2. The Bertz CT molecular complexity index is 1810. The lowest BCUT2D eigenvalue weighted by Crippen LogP contribution is -2.02. The molecule has 6 aromatic rings. The maximum absolute atomic E-state index is 6.44. The zero-order valence-electron chi connectivity index (χ0n) is 21.4. The summed E-state index contributed by atoms with van der Waals surface area (Å²) in [5, 5.41) is 4.83. The quantitative estimate of drug-likeness (QED) is 0.191. The minimum absolute atomic E-state index is 0.158. The van der Waals surface area contributed by atoms with Crippen LogP contribution in [-0.2, 0) is 6.61 Å². The number of rotatable bonds is 7. The molecule has 0 aliphatic heterocycles. The molecule has 2 heterocycles. The number of ether oxygens (including phenoxy) is 1. The van der Waals surface area contributed by atoms with E-state index in [1.807, 2.05) is 109 Å². The van der Waals surface area contributed by atoms with Crippen molar-refractivity contribution in [1.29, 1.82) is 0 Å². The van der Waals surface area contributed by atoms with Crippen molar-refractivity contribution < 1.29 is 4.74 Å². The van der Waals surface area contributed by atoms with Crippen LogP contribution in [0.25, 0.3) is 33.4 Å². The lowest BCUT2D eigenvalue weighted by molar-refractivity contribution is 0.306. The third-order valence-electron chi connectivity index (χ3n) is 6.37. The molecule has 8 heteroatoms. The highest BCUT2D eigenvalue weighted by Gasteiger charge is 2.10. The van der Waals surface area contributed by atoms with Gasteiger partial charge in [0.05, 0.1) is 16.9 Å². The number of hydrogen-bond acceptors (Lipinski definition) is 7. The Balaban J connectivity index is 1.24. The highest BCUT2D eigenvalue weighted by Crippen LogP contribution is 2.31. The molecular weight excluding hydrogens is 520 g/mol. The minimum Gasteiger partial charge on any atom is -0.489 e. The molecule has 196 valence electrons. The summed E-state index contributed by atoms with van der Waals surface area (Å²) in [5.41, 5.74) is 19.1. The average Bonchev–Trinajstić information content (AvgIpc) is 2.97. The van der Waals surface area contributed by atoms with Gasteiger partial charge in [-0.25, -0.2) is 9.97 Å². The summed E-state index contributed by atoms with van der Waals surface area (Å²) in [5.74, 6) is 1.45. The fraction of sp³-hybridized carbons (Fsp3) is 0.0312. The van der Waals surface area contributed by atoms with Gasteiger partial charge in [-0.15, -0.1) is 0 Å². The number of nitrogens with one attached hydrogen (secondary N) is 1. The molecule has 0 fully saturated rings. The Morgan fingerprint density at radius 1 is 0.700 bits per heavy atom. The molecule has 0 saturated heterocycles. The van der Waals surface area contributed by atoms with Gasteiger partial charge in [-0.3, -0.25) is 0 Å². The van der Waals surface area contributed by atoms with Gasteiger partial charge in [0.15, 0.2) is 0 Å². The first-order valence-electron chi connectivity index (χ1n) is 12.7. The third-order valence-corrected chi connectivity index (χ3v) is 6.63. The van der Waals surface area contributed by atoms with Crippen molar-refractivity contribution in [2.45, 2.75) is 6.61 Å². The Labute approximate surface area is 236 Å². The van der Waals surface area contributed by atoms with E-state index in [1.54, 1.807) is 0 Å². The summed E-state index contributed by atoms with van der Waals surface area (Å²) in [4.78, 5) is 13.6. The minimum atomic E-state index is 0.158. The van der Waals surface area contributed by atoms with Crippen molar-refractivity contribution in [2.75, 3.05) is 16.8 Å². The van der Waals surface area contributed by atoms with Crippen LogP contribution in [-0.4, -0.2) is 15.0 Å². The summed E-state index contributed by atoms with van der Waals surface area (Å²) in [6.07, 6.45) is 0. The number of pyridine rings is 1. The van der Waals surface area contributed by atoms with E-state index >= 15 is 0 Å². The molecule has 0 unspecified atom stereocenters. The molecule has 0 aliphatic rings. The molecule has 0 saturated carbocycles. The molecule has 0 atom stereocenters. The van der Waals surface area contributed by atoms with Gasteiger partial charge in [-0.2, -0.15) is 4.98 Å². The lowest BCUT2D eigenvalue weighted by atomic mass is 10.1. The van der Waals surface area contributed by atoms with Crippen LogP contribution in [0.5, 0.6) is 5.75 Å². The van der Waals surface area contributed by atoms with Crippen molar-refractivity contribution >= 4 is 45.6 Å². The number of nitrogens with zero attached hydrogens (tertiary/aromatic N) is 3. The number of benzene rings is 4. The number of fused-ring (bicyclic) bond motifs is 1. The Hall–Kier alpha value is -5.14. The average molecular weight is 545 g/mol. The first-order valence-corrected chi connectivity index (χ1v) is 13.0. The highest BCUT2D eigenvalue weighted by atomic mass is 35.5. The highest BCUT2D eigenvalue weighted by molar-refractivity contribution is 6.30. The Kier molecular flexibility index (Phi) is 6.87. The van der Waals surface area contributed by atoms with E-state index in [9.17, 15) is 0 Å². The monoisotopic (exact) mass is 544 g/mol. The fourth-order valence-electron chi connectivity index (χ4n) is 4.41. The maximum Gasteiger partial charge on any atom is 0.222 e.